The van der Waals surface area contributed by atoms with Crippen molar-refractivity contribution in [1.82, 2.24) is 4.98 Å². The number of ketones is 1. The molecule has 23 heavy (non-hydrogen) atoms. The Balaban J connectivity index is 1.65. The van der Waals surface area contributed by atoms with Gasteiger partial charge in [0.25, 0.3) is 0 Å². The van der Waals surface area contributed by atoms with Crippen molar-refractivity contribution in [2.75, 3.05) is 11.4 Å². The molecule has 0 radical (unpaired) electrons. The molecule has 1 aliphatic rings. The largest absolute Gasteiger partial charge is 0.312 e. The van der Waals surface area contributed by atoms with Crippen LogP contribution < -0.4 is 4.90 Å². The molecule has 2 aromatic rings. The highest BCUT2D eigenvalue weighted by atomic mass is 16.2. The SMILES string of the molecule is Cc1ccc(CC(=O)CC(=O)N2CCCc3ccccc32)cn1. The van der Waals surface area contributed by atoms with Gasteiger partial charge in [0.05, 0.1) is 6.42 Å². The van der Waals surface area contributed by atoms with Crippen LogP contribution in [0, 0.1) is 6.92 Å². The quantitative estimate of drug-likeness (QED) is 0.816. The second-order valence-electron chi connectivity index (χ2n) is 5.98. The van der Waals surface area contributed by atoms with E-state index in [1.54, 1.807) is 11.1 Å². The second kappa shape index (κ2) is 6.73. The van der Waals surface area contributed by atoms with Crippen LogP contribution in [0.15, 0.2) is 42.6 Å². The van der Waals surface area contributed by atoms with Gasteiger partial charge in [-0.3, -0.25) is 14.6 Å². The number of amides is 1. The third-order valence-electron chi connectivity index (χ3n) is 4.13. The molecule has 0 bridgehead atoms. The third kappa shape index (κ3) is 3.65. The third-order valence-corrected chi connectivity index (χ3v) is 4.13. The molecule has 2 heterocycles. The number of fused-ring (bicyclic) bond motifs is 1. The van der Waals surface area contributed by atoms with E-state index in [4.69, 9.17) is 0 Å². The Labute approximate surface area is 136 Å². The maximum atomic E-state index is 12.5. The van der Waals surface area contributed by atoms with Crippen molar-refractivity contribution >= 4 is 17.4 Å². The lowest BCUT2D eigenvalue weighted by molar-refractivity contribution is -0.126. The second-order valence-corrected chi connectivity index (χ2v) is 5.98. The highest BCUT2D eigenvalue weighted by Gasteiger charge is 2.23. The first kappa shape index (κ1) is 15.4. The highest BCUT2D eigenvalue weighted by Crippen LogP contribution is 2.27. The summed E-state index contributed by atoms with van der Waals surface area (Å²) in [6.45, 7) is 2.60. The molecular weight excluding hydrogens is 288 g/mol. The van der Waals surface area contributed by atoms with Gasteiger partial charge in [0.2, 0.25) is 5.91 Å². The summed E-state index contributed by atoms with van der Waals surface area (Å²) < 4.78 is 0. The van der Waals surface area contributed by atoms with Crippen molar-refractivity contribution in [1.29, 1.82) is 0 Å². The number of pyridine rings is 1. The molecule has 0 spiro atoms. The van der Waals surface area contributed by atoms with Crippen LogP contribution in [0.25, 0.3) is 0 Å². The van der Waals surface area contributed by atoms with E-state index in [-0.39, 0.29) is 24.5 Å². The summed E-state index contributed by atoms with van der Waals surface area (Å²) >= 11 is 0. The Morgan fingerprint density at radius 1 is 1.17 bits per heavy atom. The Kier molecular flexibility index (Phi) is 4.51. The zero-order valence-corrected chi connectivity index (χ0v) is 13.3. The van der Waals surface area contributed by atoms with Crippen molar-refractivity contribution in [3.05, 3.63) is 59.4 Å². The summed E-state index contributed by atoms with van der Waals surface area (Å²) in [6.07, 6.45) is 3.84. The number of para-hydroxylation sites is 1. The molecule has 0 fully saturated rings. The van der Waals surface area contributed by atoms with Gasteiger partial charge in [-0.2, -0.15) is 0 Å². The standard InChI is InChI=1S/C19H20N2O2/c1-14-8-9-15(13-20-14)11-17(22)12-19(23)21-10-4-6-16-5-2-3-7-18(16)21/h2-3,5,7-9,13H,4,6,10-12H2,1H3. The lowest BCUT2D eigenvalue weighted by Crippen LogP contribution is -2.36. The summed E-state index contributed by atoms with van der Waals surface area (Å²) in [5.74, 6) is -0.175. The summed E-state index contributed by atoms with van der Waals surface area (Å²) in [7, 11) is 0. The minimum absolute atomic E-state index is 0.0534. The van der Waals surface area contributed by atoms with E-state index >= 15 is 0 Å². The van der Waals surface area contributed by atoms with Gasteiger partial charge in [-0.1, -0.05) is 24.3 Å². The minimum Gasteiger partial charge on any atom is -0.312 e. The summed E-state index contributed by atoms with van der Waals surface area (Å²) in [4.78, 5) is 30.6. The van der Waals surface area contributed by atoms with Crippen LogP contribution in [0.2, 0.25) is 0 Å². The number of carbonyl (C=O) groups is 2. The van der Waals surface area contributed by atoms with Gasteiger partial charge in [-0.25, -0.2) is 0 Å². The number of Topliss-reactive ketones (excluding diaryl/α,β-unsaturated/α-hetero) is 1. The van der Waals surface area contributed by atoms with Gasteiger partial charge in [-0.15, -0.1) is 0 Å². The van der Waals surface area contributed by atoms with E-state index in [1.165, 1.54) is 5.56 Å². The molecule has 0 unspecified atom stereocenters. The fourth-order valence-electron chi connectivity index (χ4n) is 2.95. The Bertz CT molecular complexity index is 722. The minimum atomic E-state index is -0.109. The fourth-order valence-corrected chi connectivity index (χ4v) is 2.95. The maximum Gasteiger partial charge on any atom is 0.234 e. The molecule has 1 amide bonds. The highest BCUT2D eigenvalue weighted by molar-refractivity contribution is 6.06. The predicted octanol–water partition coefficient (Wildman–Crippen LogP) is 2.87. The van der Waals surface area contributed by atoms with Gasteiger partial charge >= 0.3 is 0 Å². The van der Waals surface area contributed by atoms with Crippen molar-refractivity contribution in [2.24, 2.45) is 0 Å². The molecule has 0 saturated carbocycles. The van der Waals surface area contributed by atoms with E-state index in [0.29, 0.717) is 6.54 Å². The lowest BCUT2D eigenvalue weighted by Gasteiger charge is -2.29. The summed E-state index contributed by atoms with van der Waals surface area (Å²) in [6, 6.07) is 11.7. The van der Waals surface area contributed by atoms with Crippen LogP contribution >= 0.6 is 0 Å². The number of hydrogen-bond acceptors (Lipinski definition) is 3. The number of hydrogen-bond donors (Lipinski definition) is 0. The average Bonchev–Trinajstić information content (AvgIpc) is 2.56. The van der Waals surface area contributed by atoms with Gasteiger partial charge in [0.1, 0.15) is 5.78 Å². The number of rotatable bonds is 4. The normalized spacial score (nSPS) is 13.5. The molecule has 4 nitrogen and oxygen atoms in total. The van der Waals surface area contributed by atoms with Gasteiger partial charge in [0.15, 0.2) is 0 Å². The van der Waals surface area contributed by atoms with Gasteiger partial charge in [0, 0.05) is 30.5 Å². The number of aromatic nitrogens is 1. The molecule has 3 rings (SSSR count). The Hall–Kier alpha value is -2.49. The molecule has 1 aliphatic heterocycles. The van der Waals surface area contributed by atoms with E-state index in [2.05, 4.69) is 11.1 Å². The number of carbonyl (C=O) groups excluding carboxylic acids is 2. The molecule has 0 aliphatic carbocycles. The average molecular weight is 308 g/mol. The molecule has 1 aromatic carbocycles. The van der Waals surface area contributed by atoms with Crippen molar-refractivity contribution in [3.63, 3.8) is 0 Å². The van der Waals surface area contributed by atoms with Crippen LogP contribution in [0.1, 0.15) is 29.7 Å². The van der Waals surface area contributed by atoms with Crippen molar-refractivity contribution in [3.8, 4) is 0 Å². The molecule has 0 atom stereocenters. The molecule has 118 valence electrons. The van der Waals surface area contributed by atoms with Gasteiger partial charge in [-0.05, 0) is 43.0 Å². The van der Waals surface area contributed by atoms with Crippen LogP contribution in [0.5, 0.6) is 0 Å². The van der Waals surface area contributed by atoms with Crippen molar-refractivity contribution < 1.29 is 9.59 Å². The van der Waals surface area contributed by atoms with Crippen LogP contribution in [0.3, 0.4) is 0 Å². The zero-order chi connectivity index (χ0) is 16.2. The lowest BCUT2D eigenvalue weighted by atomic mass is 10.0. The number of aryl methyl sites for hydroxylation is 2. The molecule has 0 N–H and O–H groups in total. The Morgan fingerprint density at radius 3 is 2.78 bits per heavy atom. The molecule has 1 aromatic heterocycles. The zero-order valence-electron chi connectivity index (χ0n) is 13.3. The topological polar surface area (TPSA) is 50.3 Å². The number of nitrogens with zero attached hydrogens (tertiary/aromatic N) is 2. The summed E-state index contributed by atoms with van der Waals surface area (Å²) in [5, 5.41) is 0. The van der Waals surface area contributed by atoms with Crippen LogP contribution in [-0.2, 0) is 22.4 Å². The number of benzene rings is 1. The monoisotopic (exact) mass is 308 g/mol. The van der Waals surface area contributed by atoms with E-state index in [9.17, 15) is 9.59 Å². The first-order valence-electron chi connectivity index (χ1n) is 7.95. The number of anilines is 1. The van der Waals surface area contributed by atoms with E-state index < -0.39 is 0 Å². The van der Waals surface area contributed by atoms with Crippen LogP contribution in [-0.4, -0.2) is 23.2 Å². The van der Waals surface area contributed by atoms with Crippen LogP contribution in [0.4, 0.5) is 5.69 Å². The maximum absolute atomic E-state index is 12.5. The smallest absolute Gasteiger partial charge is 0.234 e. The van der Waals surface area contributed by atoms with Crippen molar-refractivity contribution in [2.45, 2.75) is 32.6 Å². The fraction of sp³-hybridized carbons (Fsp3) is 0.316. The summed E-state index contributed by atoms with van der Waals surface area (Å²) in [5.41, 5.74) is 3.91. The van der Waals surface area contributed by atoms with E-state index in [1.807, 2.05) is 37.3 Å². The molecule has 4 heteroatoms. The Morgan fingerprint density at radius 2 is 2.00 bits per heavy atom. The van der Waals surface area contributed by atoms with Gasteiger partial charge < -0.3 is 4.90 Å². The first-order chi connectivity index (χ1) is 11.1. The molecular formula is C19H20N2O2. The predicted molar refractivity (Wildman–Crippen MR) is 89.4 cm³/mol. The molecule has 0 saturated heterocycles. The van der Waals surface area contributed by atoms with E-state index in [0.717, 1.165) is 29.8 Å². The first-order valence-corrected chi connectivity index (χ1v) is 7.95.